The molecule has 0 radical (unpaired) electrons. The Hall–Kier alpha value is -0.830. The summed E-state index contributed by atoms with van der Waals surface area (Å²) in [5.74, 6) is 0. The van der Waals surface area contributed by atoms with E-state index in [0.717, 1.165) is 39.3 Å². The van der Waals surface area contributed by atoms with Crippen molar-refractivity contribution in [2.45, 2.75) is 0 Å². The van der Waals surface area contributed by atoms with Crippen LogP contribution in [0.3, 0.4) is 0 Å². The monoisotopic (exact) mass is 256 g/mol. The number of nitrogens with zero attached hydrogens (tertiary/aromatic N) is 2. The molecule has 0 spiro atoms. The van der Waals surface area contributed by atoms with E-state index in [0.29, 0.717) is 0 Å². The molecule has 3 heteroatoms. The molecular weight excluding hydrogens is 232 g/mol. The van der Waals surface area contributed by atoms with Gasteiger partial charge in [0.25, 0.3) is 0 Å². The van der Waals surface area contributed by atoms with Gasteiger partial charge in [-0.25, -0.2) is 0 Å². The maximum atomic E-state index is 3.76. The van der Waals surface area contributed by atoms with E-state index in [1.807, 2.05) is 24.3 Å². The molecule has 0 bridgehead atoms. The van der Waals surface area contributed by atoms with Gasteiger partial charge in [-0.1, -0.05) is 24.3 Å². The van der Waals surface area contributed by atoms with Crippen molar-refractivity contribution in [3.8, 4) is 0 Å². The van der Waals surface area contributed by atoms with Crippen molar-refractivity contribution in [1.29, 1.82) is 0 Å². The molecule has 0 aromatic rings. The lowest BCUT2D eigenvalue weighted by Crippen LogP contribution is -2.35. The molecule has 0 saturated heterocycles. The van der Waals surface area contributed by atoms with E-state index in [4.69, 9.17) is 0 Å². The van der Waals surface area contributed by atoms with Crippen LogP contribution in [0.4, 0.5) is 0 Å². The maximum Gasteiger partial charge on any atom is 0.0164 e. The lowest BCUT2D eigenvalue weighted by Gasteiger charge is -2.24. The summed E-state index contributed by atoms with van der Waals surface area (Å²) in [5.41, 5.74) is 0. The Labute approximate surface area is 112 Å². The summed E-state index contributed by atoms with van der Waals surface area (Å²) < 4.78 is 0. The smallest absolute Gasteiger partial charge is 0.0164 e. The Kier molecular flexibility index (Phi) is 14.4. The van der Waals surface area contributed by atoms with Crippen LogP contribution in [0, 0.1) is 0 Å². The highest BCUT2D eigenvalue weighted by molar-refractivity contribution is 5.85. The van der Waals surface area contributed by atoms with Crippen molar-refractivity contribution >= 4 is 12.4 Å². The molecule has 0 unspecified atom stereocenters. The topological polar surface area (TPSA) is 6.48 Å². The fourth-order valence-corrected chi connectivity index (χ4v) is 1.53. The maximum absolute atomic E-state index is 3.76. The summed E-state index contributed by atoms with van der Waals surface area (Å²) in [4.78, 5) is 4.61. The van der Waals surface area contributed by atoms with E-state index in [1.165, 1.54) is 0 Å². The van der Waals surface area contributed by atoms with Crippen molar-refractivity contribution in [2.24, 2.45) is 0 Å². The first kappa shape index (κ1) is 18.5. The first-order valence-corrected chi connectivity index (χ1v) is 5.66. The molecule has 0 rings (SSSR count). The van der Waals surface area contributed by atoms with Crippen LogP contribution in [0.1, 0.15) is 0 Å². The van der Waals surface area contributed by atoms with E-state index in [-0.39, 0.29) is 12.4 Å². The minimum absolute atomic E-state index is 0. The molecule has 0 N–H and O–H groups in total. The second-order valence-corrected chi connectivity index (χ2v) is 3.67. The molecule has 0 saturated carbocycles. The second-order valence-electron chi connectivity index (χ2n) is 3.67. The fourth-order valence-electron chi connectivity index (χ4n) is 1.53. The zero-order chi connectivity index (χ0) is 12.2. The van der Waals surface area contributed by atoms with Gasteiger partial charge in [-0.2, -0.15) is 0 Å². The zero-order valence-corrected chi connectivity index (χ0v) is 11.5. The summed E-state index contributed by atoms with van der Waals surface area (Å²) in [6.45, 7) is 20.7. The number of rotatable bonds is 11. The number of halogens is 1. The average Bonchev–Trinajstić information content (AvgIpc) is 2.27. The van der Waals surface area contributed by atoms with Gasteiger partial charge in [-0.15, -0.1) is 38.7 Å². The summed E-state index contributed by atoms with van der Waals surface area (Å²) >= 11 is 0. The molecule has 0 heterocycles. The molecule has 0 amide bonds. The van der Waals surface area contributed by atoms with Gasteiger partial charge in [0.2, 0.25) is 0 Å². The highest BCUT2D eigenvalue weighted by atomic mass is 35.5. The zero-order valence-electron chi connectivity index (χ0n) is 10.7. The number of hydrogen-bond acceptors (Lipinski definition) is 2. The molecule has 0 aliphatic carbocycles. The Morgan fingerprint density at radius 2 is 0.824 bits per heavy atom. The van der Waals surface area contributed by atoms with Crippen LogP contribution in [0.2, 0.25) is 0 Å². The van der Waals surface area contributed by atoms with Crippen LogP contribution >= 0.6 is 12.4 Å². The van der Waals surface area contributed by atoms with Gasteiger partial charge < -0.3 is 0 Å². The van der Waals surface area contributed by atoms with Crippen LogP contribution in [0.25, 0.3) is 0 Å². The Balaban J connectivity index is 0. The minimum Gasteiger partial charge on any atom is -0.295 e. The number of hydrogen-bond donors (Lipinski definition) is 0. The molecule has 0 atom stereocenters. The molecule has 0 aromatic heterocycles. The van der Waals surface area contributed by atoms with Crippen molar-refractivity contribution in [3.05, 3.63) is 50.6 Å². The van der Waals surface area contributed by atoms with Crippen LogP contribution in [0.15, 0.2) is 50.6 Å². The van der Waals surface area contributed by atoms with Gasteiger partial charge in [0.15, 0.2) is 0 Å². The van der Waals surface area contributed by atoms with E-state index >= 15 is 0 Å². The molecule has 17 heavy (non-hydrogen) atoms. The quantitative estimate of drug-likeness (QED) is 0.525. The Bertz CT molecular complexity index is 182. The van der Waals surface area contributed by atoms with E-state index in [2.05, 4.69) is 36.1 Å². The highest BCUT2D eigenvalue weighted by Gasteiger charge is 2.04. The van der Waals surface area contributed by atoms with Crippen molar-refractivity contribution in [1.82, 2.24) is 9.80 Å². The third-order valence-electron chi connectivity index (χ3n) is 2.28. The molecule has 0 aliphatic rings. The summed E-state index contributed by atoms with van der Waals surface area (Å²) in [6.07, 6.45) is 7.70. The van der Waals surface area contributed by atoms with Crippen LogP contribution in [-0.4, -0.2) is 49.1 Å². The van der Waals surface area contributed by atoms with Crippen molar-refractivity contribution < 1.29 is 0 Å². The lowest BCUT2D eigenvalue weighted by atomic mass is 10.3. The van der Waals surface area contributed by atoms with E-state index < -0.39 is 0 Å². The highest BCUT2D eigenvalue weighted by Crippen LogP contribution is 1.94. The SMILES string of the molecule is C=CCN(CC=C)CCN(CC=C)CC=C.Cl. The largest absolute Gasteiger partial charge is 0.295 e. The Morgan fingerprint density at radius 3 is 1.00 bits per heavy atom. The first-order chi connectivity index (χ1) is 7.78. The van der Waals surface area contributed by atoms with E-state index in [1.54, 1.807) is 0 Å². The summed E-state index contributed by atoms with van der Waals surface area (Å²) in [5, 5.41) is 0. The molecule has 0 fully saturated rings. The van der Waals surface area contributed by atoms with Crippen molar-refractivity contribution in [2.75, 3.05) is 39.3 Å². The second kappa shape index (κ2) is 13.2. The van der Waals surface area contributed by atoms with Gasteiger partial charge in [0.1, 0.15) is 0 Å². The molecule has 0 aliphatic heterocycles. The summed E-state index contributed by atoms with van der Waals surface area (Å²) in [6, 6.07) is 0. The summed E-state index contributed by atoms with van der Waals surface area (Å²) in [7, 11) is 0. The van der Waals surface area contributed by atoms with Crippen LogP contribution < -0.4 is 0 Å². The average molecular weight is 257 g/mol. The standard InChI is InChI=1S/C14H24N2.ClH/c1-5-9-15(10-6-2)13-14-16(11-7-3)12-8-4;/h5-8H,1-4,9-14H2;1H. The fraction of sp³-hybridized carbons (Fsp3) is 0.429. The first-order valence-electron chi connectivity index (χ1n) is 5.66. The van der Waals surface area contributed by atoms with Gasteiger partial charge in [0, 0.05) is 39.3 Å². The van der Waals surface area contributed by atoms with E-state index in [9.17, 15) is 0 Å². The third-order valence-corrected chi connectivity index (χ3v) is 2.28. The molecule has 0 aromatic carbocycles. The van der Waals surface area contributed by atoms with Crippen LogP contribution in [0.5, 0.6) is 0 Å². The predicted octanol–water partition coefficient (Wildman–Crippen LogP) is 2.76. The molecular formula is C14H25ClN2. The molecule has 98 valence electrons. The third kappa shape index (κ3) is 10.1. The molecule has 2 nitrogen and oxygen atoms in total. The van der Waals surface area contributed by atoms with Gasteiger partial charge >= 0.3 is 0 Å². The lowest BCUT2D eigenvalue weighted by molar-refractivity contribution is 0.255. The Morgan fingerprint density at radius 1 is 0.588 bits per heavy atom. The minimum atomic E-state index is 0. The van der Waals surface area contributed by atoms with Gasteiger partial charge in [-0.05, 0) is 0 Å². The predicted molar refractivity (Wildman–Crippen MR) is 80.9 cm³/mol. The van der Waals surface area contributed by atoms with Gasteiger partial charge in [-0.3, -0.25) is 9.80 Å². The van der Waals surface area contributed by atoms with Crippen molar-refractivity contribution in [3.63, 3.8) is 0 Å². The van der Waals surface area contributed by atoms with Gasteiger partial charge in [0.05, 0.1) is 0 Å². The van der Waals surface area contributed by atoms with Crippen LogP contribution in [-0.2, 0) is 0 Å². The normalized spacial score (nSPS) is 9.76.